The van der Waals surface area contributed by atoms with Gasteiger partial charge < -0.3 is 4.90 Å². The Bertz CT molecular complexity index is 466. The van der Waals surface area contributed by atoms with Crippen LogP contribution in [0.25, 0.3) is 0 Å². The van der Waals surface area contributed by atoms with Gasteiger partial charge in [-0.1, -0.05) is 0 Å². The molecular formula is C22H35N. The molecule has 8 fully saturated rings. The van der Waals surface area contributed by atoms with Crippen molar-refractivity contribution in [3.8, 4) is 0 Å². The van der Waals surface area contributed by atoms with Gasteiger partial charge in [-0.05, 0) is 131 Å². The van der Waals surface area contributed by atoms with Gasteiger partial charge in [0.1, 0.15) is 0 Å². The lowest BCUT2D eigenvalue weighted by atomic mass is 9.37. The Morgan fingerprint density at radius 1 is 0.609 bits per heavy atom. The molecule has 0 aliphatic heterocycles. The molecule has 3 unspecified atom stereocenters. The van der Waals surface area contributed by atoms with Gasteiger partial charge in [-0.3, -0.25) is 0 Å². The van der Waals surface area contributed by atoms with E-state index in [-0.39, 0.29) is 0 Å². The Kier molecular flexibility index (Phi) is 2.81. The SMILES string of the molecule is CN(C)C1C2CC3CC(C2)CC1(C1C2CC4CC(C2)CC1C4)C3. The first-order valence-corrected chi connectivity index (χ1v) is 10.8. The van der Waals surface area contributed by atoms with E-state index in [9.17, 15) is 0 Å². The standard InChI is InChI=1S/C22H35N/c1-23(2)21-19-9-15-4-16(10-19)12-22(21,11-15)20-17-5-13-3-14(7-17)8-18(20)6-13/h13-21H,3-12H2,1-2H3. The minimum Gasteiger partial charge on any atom is -0.306 e. The fourth-order valence-electron chi connectivity index (χ4n) is 10.3. The molecule has 0 N–H and O–H groups in total. The Hall–Kier alpha value is -0.0400. The van der Waals surface area contributed by atoms with Gasteiger partial charge in [-0.15, -0.1) is 0 Å². The summed E-state index contributed by atoms with van der Waals surface area (Å²) in [6.07, 6.45) is 16.1. The van der Waals surface area contributed by atoms with Gasteiger partial charge in [0.05, 0.1) is 0 Å². The van der Waals surface area contributed by atoms with E-state index in [1.165, 1.54) is 0 Å². The molecule has 128 valence electrons. The van der Waals surface area contributed by atoms with Crippen LogP contribution in [0.5, 0.6) is 0 Å². The average Bonchev–Trinajstić information content (AvgIpc) is 2.43. The molecule has 8 aliphatic carbocycles. The third-order valence-corrected chi connectivity index (χ3v) is 9.76. The second-order valence-electron chi connectivity index (χ2n) is 11.2. The molecule has 1 nitrogen and oxygen atoms in total. The Balaban J connectivity index is 1.43. The van der Waals surface area contributed by atoms with Gasteiger partial charge in [-0.25, -0.2) is 0 Å². The molecular weight excluding hydrogens is 278 g/mol. The second kappa shape index (κ2) is 4.57. The van der Waals surface area contributed by atoms with E-state index >= 15 is 0 Å². The molecule has 23 heavy (non-hydrogen) atoms. The molecule has 0 heterocycles. The molecule has 0 saturated heterocycles. The van der Waals surface area contributed by atoms with Crippen molar-refractivity contribution in [3.05, 3.63) is 0 Å². The smallest absolute Gasteiger partial charge is 0.0177 e. The van der Waals surface area contributed by atoms with Crippen LogP contribution in [0.1, 0.15) is 64.2 Å². The normalized spacial score (nSPS) is 62.5. The van der Waals surface area contributed by atoms with E-state index in [4.69, 9.17) is 0 Å². The van der Waals surface area contributed by atoms with Crippen molar-refractivity contribution < 1.29 is 0 Å². The molecule has 0 aromatic rings. The van der Waals surface area contributed by atoms with E-state index in [1.807, 2.05) is 0 Å². The number of rotatable bonds is 2. The summed E-state index contributed by atoms with van der Waals surface area (Å²) in [5.74, 6) is 8.93. The zero-order chi connectivity index (χ0) is 15.3. The van der Waals surface area contributed by atoms with Crippen LogP contribution in [0, 0.1) is 52.8 Å². The highest BCUT2D eigenvalue weighted by Gasteiger charge is 2.65. The van der Waals surface area contributed by atoms with Crippen molar-refractivity contribution >= 4 is 0 Å². The molecule has 0 spiro atoms. The van der Waals surface area contributed by atoms with Crippen molar-refractivity contribution in [2.45, 2.75) is 70.3 Å². The highest BCUT2D eigenvalue weighted by Crippen LogP contribution is 2.70. The summed E-state index contributed by atoms with van der Waals surface area (Å²) in [4.78, 5) is 2.70. The molecule has 0 aromatic heterocycles. The number of hydrogen-bond acceptors (Lipinski definition) is 1. The summed E-state index contributed by atoms with van der Waals surface area (Å²) in [5, 5.41) is 0. The first-order chi connectivity index (χ1) is 11.1. The lowest BCUT2D eigenvalue weighted by Crippen LogP contribution is -2.67. The maximum absolute atomic E-state index is 2.70. The Labute approximate surface area is 142 Å². The van der Waals surface area contributed by atoms with Crippen LogP contribution in [0.4, 0.5) is 0 Å². The zero-order valence-corrected chi connectivity index (χ0v) is 15.2. The van der Waals surface area contributed by atoms with Crippen molar-refractivity contribution in [1.82, 2.24) is 4.90 Å². The van der Waals surface area contributed by atoms with E-state index in [0.29, 0.717) is 0 Å². The Morgan fingerprint density at radius 2 is 1.09 bits per heavy atom. The summed E-state index contributed by atoms with van der Waals surface area (Å²) >= 11 is 0. The molecule has 0 aromatic carbocycles. The molecule has 8 bridgehead atoms. The minimum absolute atomic E-state index is 0.737. The van der Waals surface area contributed by atoms with Crippen molar-refractivity contribution in [1.29, 1.82) is 0 Å². The van der Waals surface area contributed by atoms with Crippen LogP contribution in [0.3, 0.4) is 0 Å². The minimum atomic E-state index is 0.737. The molecule has 1 heteroatoms. The molecule has 8 rings (SSSR count). The summed E-state index contributed by atoms with van der Waals surface area (Å²) in [5.41, 5.74) is 0.737. The van der Waals surface area contributed by atoms with E-state index < -0.39 is 0 Å². The van der Waals surface area contributed by atoms with Crippen LogP contribution in [-0.2, 0) is 0 Å². The largest absolute Gasteiger partial charge is 0.306 e. The van der Waals surface area contributed by atoms with Crippen LogP contribution in [-0.4, -0.2) is 25.0 Å². The highest BCUT2D eigenvalue weighted by molar-refractivity contribution is 5.15. The first-order valence-electron chi connectivity index (χ1n) is 10.8. The lowest BCUT2D eigenvalue weighted by molar-refractivity contribution is -0.201. The summed E-state index contributed by atoms with van der Waals surface area (Å²) in [7, 11) is 4.84. The van der Waals surface area contributed by atoms with Crippen LogP contribution >= 0.6 is 0 Å². The number of hydrogen-bond donors (Lipinski definition) is 0. The molecule has 8 saturated carbocycles. The highest BCUT2D eigenvalue weighted by atomic mass is 15.1. The maximum atomic E-state index is 2.70. The first kappa shape index (κ1) is 14.2. The monoisotopic (exact) mass is 313 g/mol. The molecule has 0 amide bonds. The van der Waals surface area contributed by atoms with Gasteiger partial charge >= 0.3 is 0 Å². The third-order valence-electron chi connectivity index (χ3n) is 9.76. The predicted octanol–water partition coefficient (Wildman–Crippen LogP) is 4.82. The van der Waals surface area contributed by atoms with Gasteiger partial charge in [0.25, 0.3) is 0 Å². The van der Waals surface area contributed by atoms with Crippen molar-refractivity contribution in [3.63, 3.8) is 0 Å². The molecule has 8 aliphatic rings. The quantitative estimate of drug-likeness (QED) is 0.707. The van der Waals surface area contributed by atoms with Gasteiger partial charge in [-0.2, -0.15) is 0 Å². The van der Waals surface area contributed by atoms with Crippen LogP contribution < -0.4 is 0 Å². The lowest BCUT2D eigenvalue weighted by Gasteiger charge is -2.70. The summed E-state index contributed by atoms with van der Waals surface area (Å²) < 4.78 is 0. The predicted molar refractivity (Wildman–Crippen MR) is 94.0 cm³/mol. The fourth-order valence-corrected chi connectivity index (χ4v) is 10.3. The van der Waals surface area contributed by atoms with Crippen LogP contribution in [0.2, 0.25) is 0 Å². The Morgan fingerprint density at radius 3 is 1.61 bits per heavy atom. The number of nitrogens with zero attached hydrogens (tertiary/aromatic N) is 1. The van der Waals surface area contributed by atoms with E-state index in [1.54, 1.807) is 64.2 Å². The second-order valence-corrected chi connectivity index (χ2v) is 11.2. The third kappa shape index (κ3) is 1.79. The zero-order valence-electron chi connectivity index (χ0n) is 15.2. The maximum Gasteiger partial charge on any atom is 0.0177 e. The van der Waals surface area contributed by atoms with E-state index in [0.717, 1.165) is 58.8 Å². The molecule has 3 atom stereocenters. The van der Waals surface area contributed by atoms with Crippen molar-refractivity contribution in [2.75, 3.05) is 14.1 Å². The van der Waals surface area contributed by atoms with Gasteiger partial charge in [0.2, 0.25) is 0 Å². The van der Waals surface area contributed by atoms with Gasteiger partial charge in [0, 0.05) is 6.04 Å². The summed E-state index contributed by atoms with van der Waals surface area (Å²) in [6.45, 7) is 0. The fraction of sp³-hybridized carbons (Fsp3) is 1.00. The summed E-state index contributed by atoms with van der Waals surface area (Å²) in [6, 6.07) is 0.929. The van der Waals surface area contributed by atoms with E-state index in [2.05, 4.69) is 19.0 Å². The average molecular weight is 314 g/mol. The van der Waals surface area contributed by atoms with Gasteiger partial charge in [0.15, 0.2) is 0 Å². The topological polar surface area (TPSA) is 3.24 Å². The van der Waals surface area contributed by atoms with Crippen LogP contribution in [0.15, 0.2) is 0 Å². The van der Waals surface area contributed by atoms with Crippen molar-refractivity contribution in [2.24, 2.45) is 52.8 Å². The molecule has 0 radical (unpaired) electrons.